The Morgan fingerprint density at radius 1 is 0.882 bits per heavy atom. The Kier molecular flexibility index (Phi) is 7.63. The van der Waals surface area contributed by atoms with Crippen LogP contribution < -0.4 is 5.73 Å². The molecule has 3 aromatic rings. The number of hydrogen-bond acceptors (Lipinski definition) is 5. The molecule has 1 aliphatic heterocycles. The van der Waals surface area contributed by atoms with Gasteiger partial charge in [0, 0.05) is 48.9 Å². The Labute approximate surface area is 204 Å². The highest BCUT2D eigenvalue weighted by atomic mass is 32.2. The molecule has 3 aromatic carbocycles. The van der Waals surface area contributed by atoms with Crippen molar-refractivity contribution in [1.82, 2.24) is 9.80 Å². The monoisotopic (exact) mass is 470 g/mol. The molecule has 2 amide bonds. The molecule has 0 bridgehead atoms. The summed E-state index contributed by atoms with van der Waals surface area (Å²) in [5, 5.41) is 8.96. The number of hydrogen-bond donors (Lipinski definition) is 1. The third-order valence-electron chi connectivity index (χ3n) is 5.90. The van der Waals surface area contributed by atoms with Crippen LogP contribution in [-0.4, -0.2) is 47.8 Å². The van der Waals surface area contributed by atoms with E-state index in [0.29, 0.717) is 24.2 Å². The van der Waals surface area contributed by atoms with Crippen LogP contribution in [0.25, 0.3) is 0 Å². The van der Waals surface area contributed by atoms with Crippen LogP contribution in [0.15, 0.2) is 77.7 Å². The molecule has 1 aliphatic rings. The van der Waals surface area contributed by atoms with Crippen LogP contribution in [0.3, 0.4) is 0 Å². The second kappa shape index (κ2) is 11.0. The lowest BCUT2D eigenvalue weighted by Gasteiger charge is -2.35. The number of piperazine rings is 1. The van der Waals surface area contributed by atoms with Gasteiger partial charge in [-0.05, 0) is 47.5 Å². The van der Waals surface area contributed by atoms with Crippen molar-refractivity contribution >= 4 is 23.6 Å². The molecule has 34 heavy (non-hydrogen) atoms. The number of nitrogens with two attached hydrogens (primary N) is 1. The Balaban J connectivity index is 1.33. The first kappa shape index (κ1) is 23.6. The molecule has 4 rings (SSSR count). The fourth-order valence-corrected chi connectivity index (χ4v) is 4.92. The second-order valence-corrected chi connectivity index (χ2v) is 9.24. The zero-order valence-corrected chi connectivity index (χ0v) is 19.6. The normalized spacial score (nSPS) is 13.9. The fraction of sp³-hybridized carbons (Fsp3) is 0.222. The van der Waals surface area contributed by atoms with Crippen LogP contribution in [0.2, 0.25) is 0 Å². The van der Waals surface area contributed by atoms with Crippen LogP contribution in [0.5, 0.6) is 0 Å². The highest BCUT2D eigenvalue weighted by Crippen LogP contribution is 2.28. The number of carbonyl (C=O) groups is 2. The fourth-order valence-electron chi connectivity index (χ4n) is 3.92. The molecule has 0 atom stereocenters. The summed E-state index contributed by atoms with van der Waals surface area (Å²) < 4.78 is 0. The minimum absolute atomic E-state index is 0.0633. The molecule has 1 saturated heterocycles. The first-order valence-corrected chi connectivity index (χ1v) is 12.1. The van der Waals surface area contributed by atoms with Gasteiger partial charge in [0.1, 0.15) is 0 Å². The SMILES string of the molecule is N#Cc1ccc(CSc2ccccc2C(=O)N2CCN(Cc3ccc(C(N)=O)cc3)CC2)cc1. The number of benzene rings is 3. The van der Waals surface area contributed by atoms with Gasteiger partial charge in [-0.15, -0.1) is 11.8 Å². The Bertz CT molecular complexity index is 1190. The molecule has 2 N–H and O–H groups in total. The first-order valence-electron chi connectivity index (χ1n) is 11.1. The molecule has 0 aliphatic carbocycles. The van der Waals surface area contributed by atoms with Crippen LogP contribution in [0.1, 0.15) is 37.4 Å². The van der Waals surface area contributed by atoms with Crippen molar-refractivity contribution in [2.75, 3.05) is 26.2 Å². The minimum atomic E-state index is -0.422. The molecule has 0 radical (unpaired) electrons. The maximum atomic E-state index is 13.3. The lowest BCUT2D eigenvalue weighted by molar-refractivity contribution is 0.0625. The zero-order chi connectivity index (χ0) is 23.9. The van der Waals surface area contributed by atoms with Crippen molar-refractivity contribution in [3.05, 3.63) is 101 Å². The quantitative estimate of drug-likeness (QED) is 0.529. The van der Waals surface area contributed by atoms with Crippen molar-refractivity contribution in [2.24, 2.45) is 5.73 Å². The summed E-state index contributed by atoms with van der Waals surface area (Å²) >= 11 is 1.64. The van der Waals surface area contributed by atoms with E-state index in [2.05, 4.69) is 11.0 Å². The van der Waals surface area contributed by atoms with Crippen molar-refractivity contribution in [3.8, 4) is 6.07 Å². The van der Waals surface area contributed by atoms with Crippen LogP contribution >= 0.6 is 11.8 Å². The summed E-state index contributed by atoms with van der Waals surface area (Å²) in [7, 11) is 0. The number of thioether (sulfide) groups is 1. The van der Waals surface area contributed by atoms with Crippen LogP contribution in [0, 0.1) is 11.3 Å². The Morgan fingerprint density at radius 2 is 1.53 bits per heavy atom. The van der Waals surface area contributed by atoms with Crippen LogP contribution in [0.4, 0.5) is 0 Å². The van der Waals surface area contributed by atoms with E-state index in [-0.39, 0.29) is 5.91 Å². The second-order valence-electron chi connectivity index (χ2n) is 8.22. The molecule has 0 aromatic heterocycles. The summed E-state index contributed by atoms with van der Waals surface area (Å²) in [4.78, 5) is 29.7. The van der Waals surface area contributed by atoms with E-state index in [0.717, 1.165) is 47.0 Å². The summed E-state index contributed by atoms with van der Waals surface area (Å²) in [5.74, 6) is 0.376. The van der Waals surface area contributed by atoms with E-state index >= 15 is 0 Å². The van der Waals surface area contributed by atoms with E-state index in [1.165, 1.54) is 0 Å². The number of primary amides is 1. The zero-order valence-electron chi connectivity index (χ0n) is 18.8. The molecule has 1 heterocycles. The van der Waals surface area contributed by atoms with Gasteiger partial charge in [-0.25, -0.2) is 0 Å². The lowest BCUT2D eigenvalue weighted by Crippen LogP contribution is -2.48. The number of nitrogens with zero attached hydrogens (tertiary/aromatic N) is 3. The number of amides is 2. The summed E-state index contributed by atoms with van der Waals surface area (Å²) in [6, 6.07) is 24.8. The van der Waals surface area contributed by atoms with Crippen LogP contribution in [-0.2, 0) is 12.3 Å². The van der Waals surface area contributed by atoms with Crippen molar-refractivity contribution in [2.45, 2.75) is 17.2 Å². The molecular weight excluding hydrogens is 444 g/mol. The van der Waals surface area contributed by atoms with Crippen molar-refractivity contribution in [1.29, 1.82) is 5.26 Å². The lowest BCUT2D eigenvalue weighted by atomic mass is 10.1. The standard InChI is InChI=1S/C27H26N4O2S/c28-17-20-5-7-22(8-6-20)19-34-25-4-2-1-3-24(25)27(33)31-15-13-30(14-16-31)18-21-9-11-23(12-10-21)26(29)32/h1-12H,13-16,18-19H2,(H2,29,32). The van der Waals surface area contributed by atoms with E-state index in [4.69, 9.17) is 11.0 Å². The molecular formula is C27H26N4O2S. The summed E-state index contributed by atoms with van der Waals surface area (Å²) in [6.07, 6.45) is 0. The van der Waals surface area contributed by atoms with Gasteiger partial charge >= 0.3 is 0 Å². The van der Waals surface area contributed by atoms with E-state index < -0.39 is 5.91 Å². The smallest absolute Gasteiger partial charge is 0.255 e. The van der Waals surface area contributed by atoms with E-state index in [1.54, 1.807) is 23.9 Å². The summed E-state index contributed by atoms with van der Waals surface area (Å²) in [6.45, 7) is 3.71. The van der Waals surface area contributed by atoms with Gasteiger partial charge in [0.2, 0.25) is 5.91 Å². The largest absolute Gasteiger partial charge is 0.366 e. The molecule has 0 spiro atoms. The minimum Gasteiger partial charge on any atom is -0.366 e. The predicted octanol–water partition coefficient (Wildman–Crippen LogP) is 3.91. The number of nitriles is 1. The molecule has 7 heteroatoms. The van der Waals surface area contributed by atoms with Crippen molar-refractivity contribution in [3.63, 3.8) is 0 Å². The highest BCUT2D eigenvalue weighted by molar-refractivity contribution is 7.98. The average molecular weight is 471 g/mol. The van der Waals surface area contributed by atoms with Gasteiger partial charge in [-0.2, -0.15) is 5.26 Å². The van der Waals surface area contributed by atoms with Gasteiger partial charge in [0.25, 0.3) is 5.91 Å². The van der Waals surface area contributed by atoms with Gasteiger partial charge in [-0.3, -0.25) is 14.5 Å². The number of rotatable bonds is 7. The molecule has 6 nitrogen and oxygen atoms in total. The van der Waals surface area contributed by atoms with Gasteiger partial charge in [0.05, 0.1) is 17.2 Å². The maximum absolute atomic E-state index is 13.3. The Hall–Kier alpha value is -3.60. The highest BCUT2D eigenvalue weighted by Gasteiger charge is 2.24. The molecule has 172 valence electrons. The number of carbonyl (C=O) groups excluding carboxylic acids is 2. The first-order chi connectivity index (χ1) is 16.5. The average Bonchev–Trinajstić information content (AvgIpc) is 2.88. The Morgan fingerprint density at radius 3 is 2.18 bits per heavy atom. The van der Waals surface area contributed by atoms with E-state index in [1.807, 2.05) is 65.6 Å². The van der Waals surface area contributed by atoms with E-state index in [9.17, 15) is 9.59 Å². The van der Waals surface area contributed by atoms with Gasteiger partial charge in [0.15, 0.2) is 0 Å². The predicted molar refractivity (Wildman–Crippen MR) is 133 cm³/mol. The topological polar surface area (TPSA) is 90.4 Å². The third-order valence-corrected chi connectivity index (χ3v) is 7.04. The van der Waals surface area contributed by atoms with Gasteiger partial charge in [-0.1, -0.05) is 36.4 Å². The van der Waals surface area contributed by atoms with Crippen molar-refractivity contribution < 1.29 is 9.59 Å². The third kappa shape index (κ3) is 5.84. The molecule has 0 unspecified atom stereocenters. The molecule has 0 saturated carbocycles. The summed E-state index contributed by atoms with van der Waals surface area (Å²) in [5.41, 5.74) is 9.43. The molecule has 1 fully saturated rings. The van der Waals surface area contributed by atoms with Gasteiger partial charge < -0.3 is 10.6 Å². The maximum Gasteiger partial charge on any atom is 0.255 e.